The van der Waals surface area contributed by atoms with Crippen LogP contribution in [0.4, 0.5) is 0 Å². The molecule has 0 fully saturated rings. The topological polar surface area (TPSA) is 92.6 Å². The molecule has 0 radical (unpaired) electrons. The molecule has 38 heavy (non-hydrogen) atoms. The first kappa shape index (κ1) is 29.4. The van der Waals surface area contributed by atoms with Crippen LogP contribution in [0.15, 0.2) is 55.1 Å². The Kier molecular flexibility index (Phi) is 9.04. The Morgan fingerprint density at radius 2 is 1.50 bits per heavy atom. The second-order valence-electron chi connectivity index (χ2n) is 11.3. The van der Waals surface area contributed by atoms with Gasteiger partial charge in [0.2, 0.25) is 0 Å². The third-order valence-electron chi connectivity index (χ3n) is 6.37. The fourth-order valence-corrected chi connectivity index (χ4v) is 4.01. The van der Waals surface area contributed by atoms with Gasteiger partial charge in [0, 0.05) is 47.0 Å². The first-order chi connectivity index (χ1) is 17.5. The normalized spacial score (nSPS) is 11.6. The number of pyridine rings is 3. The average Bonchev–Trinajstić information content (AvgIpc) is 3.51. The molecule has 200 valence electrons. The molecule has 5 rings (SSSR count). The maximum atomic E-state index is 4.90. The van der Waals surface area contributed by atoms with Gasteiger partial charge in [-0.3, -0.25) is 15.0 Å². The van der Waals surface area contributed by atoms with E-state index < -0.39 is 0 Å². The summed E-state index contributed by atoms with van der Waals surface area (Å²) in [5.41, 5.74) is 7.70. The van der Waals surface area contributed by atoms with Gasteiger partial charge in [0.25, 0.3) is 0 Å². The van der Waals surface area contributed by atoms with Crippen molar-refractivity contribution in [3.8, 4) is 22.8 Å². The van der Waals surface area contributed by atoms with Gasteiger partial charge in [-0.1, -0.05) is 65.9 Å². The van der Waals surface area contributed by atoms with Gasteiger partial charge in [0.05, 0.1) is 11.4 Å². The predicted octanol–water partition coefficient (Wildman–Crippen LogP) is 6.21. The first-order valence-corrected chi connectivity index (χ1v) is 12.6. The molecular weight excluding hydrogens is 653 g/mol. The summed E-state index contributed by atoms with van der Waals surface area (Å²) < 4.78 is 0. The molecule has 0 amide bonds. The van der Waals surface area contributed by atoms with Gasteiger partial charge in [-0.15, -0.1) is 0 Å². The summed E-state index contributed by atoms with van der Waals surface area (Å²) in [5, 5.41) is 19.5. The number of rotatable bonds is 3. The standard InChI is InChI=1S/C21H22N6.C9H13N.Pt/c1-6-15-12(2)19(27-24-15)16-9-13-7-8-22-11-14(13)20(23-16)17-10-18(26-25-17)21(3,4)5;1-9(2,3)8-4-6-10-7-5-8;/h7-11H,6H2,1-5H3;4-7H,1-3H3;/q-2;;+2. The van der Waals surface area contributed by atoms with E-state index in [4.69, 9.17) is 4.98 Å². The van der Waals surface area contributed by atoms with E-state index >= 15 is 0 Å². The zero-order chi connectivity index (χ0) is 26.8. The molecule has 0 aromatic carbocycles. The van der Waals surface area contributed by atoms with E-state index in [1.54, 1.807) is 6.20 Å². The molecule has 0 saturated heterocycles. The molecule has 5 aromatic rings. The molecule has 0 aliphatic rings. The van der Waals surface area contributed by atoms with Crippen molar-refractivity contribution in [3.63, 3.8) is 0 Å². The first-order valence-electron chi connectivity index (χ1n) is 12.6. The van der Waals surface area contributed by atoms with Crippen molar-refractivity contribution in [2.75, 3.05) is 0 Å². The Hall–Kier alpha value is -3.18. The zero-order valence-corrected chi connectivity index (χ0v) is 25.6. The van der Waals surface area contributed by atoms with E-state index in [9.17, 15) is 0 Å². The summed E-state index contributed by atoms with van der Waals surface area (Å²) in [6.45, 7) is 17.1. The summed E-state index contributed by atoms with van der Waals surface area (Å²) >= 11 is 0. The summed E-state index contributed by atoms with van der Waals surface area (Å²) in [7, 11) is 0. The molecule has 0 unspecified atom stereocenters. The van der Waals surface area contributed by atoms with Crippen LogP contribution in [0.5, 0.6) is 0 Å². The maximum absolute atomic E-state index is 4.90. The van der Waals surface area contributed by atoms with Gasteiger partial charge in [-0.05, 0) is 59.5 Å². The molecular formula is C30H35N7Pt. The monoisotopic (exact) mass is 688 g/mol. The van der Waals surface area contributed by atoms with Crippen LogP contribution in [0.3, 0.4) is 0 Å². The summed E-state index contributed by atoms with van der Waals surface area (Å²) in [6, 6.07) is 10.1. The Bertz CT molecular complexity index is 1490. The third-order valence-corrected chi connectivity index (χ3v) is 6.37. The summed E-state index contributed by atoms with van der Waals surface area (Å²) in [4.78, 5) is 13.1. The molecule has 5 heterocycles. The molecule has 7 nitrogen and oxygen atoms in total. The van der Waals surface area contributed by atoms with Crippen LogP contribution in [-0.4, -0.2) is 25.1 Å². The smallest absolute Gasteiger partial charge is 0.573 e. The fourth-order valence-electron chi connectivity index (χ4n) is 4.01. The van der Waals surface area contributed by atoms with Gasteiger partial charge in [-0.2, -0.15) is 0 Å². The van der Waals surface area contributed by atoms with E-state index in [0.717, 1.165) is 56.9 Å². The maximum Gasteiger partial charge on any atom is 2.00 e. The summed E-state index contributed by atoms with van der Waals surface area (Å²) in [6.07, 6.45) is 8.13. The molecule has 0 saturated carbocycles. The number of aromatic nitrogens is 7. The van der Waals surface area contributed by atoms with Crippen molar-refractivity contribution in [2.24, 2.45) is 0 Å². The van der Waals surface area contributed by atoms with Gasteiger partial charge in [0.15, 0.2) is 0 Å². The van der Waals surface area contributed by atoms with Crippen LogP contribution in [0.1, 0.15) is 71.0 Å². The van der Waals surface area contributed by atoms with Gasteiger partial charge in [0.1, 0.15) is 0 Å². The van der Waals surface area contributed by atoms with Crippen LogP contribution in [0.25, 0.3) is 33.5 Å². The molecule has 0 aliphatic heterocycles. The van der Waals surface area contributed by atoms with Crippen LogP contribution in [0, 0.1) is 6.92 Å². The number of hydrogen-bond acceptors (Lipinski definition) is 5. The third kappa shape index (κ3) is 6.44. The van der Waals surface area contributed by atoms with E-state index in [1.165, 1.54) is 5.56 Å². The largest absolute Gasteiger partial charge is 2.00 e. The van der Waals surface area contributed by atoms with E-state index in [2.05, 4.69) is 91.0 Å². The Morgan fingerprint density at radius 1 is 0.816 bits per heavy atom. The molecule has 0 N–H and O–H groups in total. The minimum Gasteiger partial charge on any atom is -0.573 e. The van der Waals surface area contributed by atoms with Crippen molar-refractivity contribution in [1.82, 2.24) is 35.3 Å². The Labute approximate surface area is 239 Å². The van der Waals surface area contributed by atoms with Crippen LogP contribution >= 0.6 is 0 Å². The average molecular weight is 689 g/mol. The second-order valence-corrected chi connectivity index (χ2v) is 11.3. The molecule has 0 spiro atoms. The van der Waals surface area contributed by atoms with Crippen LogP contribution in [0.2, 0.25) is 0 Å². The molecule has 0 bridgehead atoms. The van der Waals surface area contributed by atoms with Gasteiger partial charge in [-0.25, -0.2) is 0 Å². The van der Waals surface area contributed by atoms with Gasteiger partial charge >= 0.3 is 21.1 Å². The van der Waals surface area contributed by atoms with E-state index in [-0.39, 0.29) is 31.9 Å². The van der Waals surface area contributed by atoms with Crippen molar-refractivity contribution in [3.05, 3.63) is 77.6 Å². The summed E-state index contributed by atoms with van der Waals surface area (Å²) in [5.74, 6) is 0. The number of fused-ring (bicyclic) bond motifs is 1. The van der Waals surface area contributed by atoms with Crippen molar-refractivity contribution < 1.29 is 21.1 Å². The predicted molar refractivity (Wildman–Crippen MR) is 148 cm³/mol. The van der Waals surface area contributed by atoms with E-state index in [0.29, 0.717) is 0 Å². The van der Waals surface area contributed by atoms with Crippen molar-refractivity contribution in [2.45, 2.75) is 72.6 Å². The van der Waals surface area contributed by atoms with Crippen LogP contribution in [-0.2, 0) is 38.3 Å². The van der Waals surface area contributed by atoms with Gasteiger partial charge < -0.3 is 20.4 Å². The van der Waals surface area contributed by atoms with Crippen LogP contribution < -0.4 is 10.2 Å². The minimum atomic E-state index is -0.0688. The quantitative estimate of drug-likeness (QED) is 0.223. The van der Waals surface area contributed by atoms with E-state index in [1.807, 2.05) is 43.7 Å². The minimum absolute atomic E-state index is 0. The SMILES string of the molecule is CC(C)(C)c1ccncc1.CCc1n[n-]c(-c2cc3ccncc3c(-c3cc(C(C)(C)C)n[n-]3)n2)c1C.[Pt+2]. The van der Waals surface area contributed by atoms with Crippen molar-refractivity contribution in [1.29, 1.82) is 0 Å². The zero-order valence-electron chi connectivity index (χ0n) is 23.3. The Balaban J connectivity index is 0.000000308. The molecule has 5 aromatic heterocycles. The van der Waals surface area contributed by atoms with Crippen molar-refractivity contribution >= 4 is 10.8 Å². The Morgan fingerprint density at radius 3 is 2.05 bits per heavy atom. The fraction of sp³-hybridized carbons (Fsp3) is 0.367. The number of nitrogens with zero attached hydrogens (tertiary/aromatic N) is 7. The molecule has 8 heteroatoms. The molecule has 0 atom stereocenters. The molecule has 0 aliphatic carbocycles. The number of hydrogen-bond donors (Lipinski definition) is 0. The number of aryl methyl sites for hydroxylation is 1. The second kappa shape index (κ2) is 11.7.